The minimum absolute atomic E-state index is 0.494. The standard InChI is InChI=1S/C19H26BrN5OSi/c1-14-10-15(2)25-11-16(22-19(25)21-14)6-7-18-23-17(20)12-24(18)13-26-8-9-27(3,4)5/h6-7,10-12H,8-9,13H2,1-5H3. The predicted octanol–water partition coefficient (Wildman–Crippen LogP) is 4.79. The fourth-order valence-corrected chi connectivity index (χ4v) is 3.89. The van der Waals surface area contributed by atoms with Gasteiger partial charge in [-0.1, -0.05) is 19.6 Å². The topological polar surface area (TPSA) is 57.2 Å². The van der Waals surface area contributed by atoms with Crippen LogP contribution in [-0.2, 0) is 11.5 Å². The molecule has 0 saturated carbocycles. The van der Waals surface area contributed by atoms with Gasteiger partial charge in [0.25, 0.3) is 0 Å². The maximum atomic E-state index is 5.85. The summed E-state index contributed by atoms with van der Waals surface area (Å²) in [6.45, 7) is 12.4. The maximum absolute atomic E-state index is 5.85. The monoisotopic (exact) mass is 447 g/mol. The summed E-state index contributed by atoms with van der Waals surface area (Å²) in [5.74, 6) is 1.54. The van der Waals surface area contributed by atoms with E-state index >= 15 is 0 Å². The molecule has 0 aliphatic rings. The molecule has 0 spiro atoms. The molecule has 144 valence electrons. The first-order chi connectivity index (χ1) is 12.7. The van der Waals surface area contributed by atoms with Crippen molar-refractivity contribution < 1.29 is 4.74 Å². The summed E-state index contributed by atoms with van der Waals surface area (Å²) in [7, 11) is -1.08. The van der Waals surface area contributed by atoms with Gasteiger partial charge in [-0.05, 0) is 54.0 Å². The van der Waals surface area contributed by atoms with E-state index in [2.05, 4.69) is 57.4 Å². The summed E-state index contributed by atoms with van der Waals surface area (Å²) in [6, 6.07) is 3.20. The molecule has 3 aromatic heterocycles. The second kappa shape index (κ2) is 8.08. The molecule has 3 rings (SSSR count). The summed E-state index contributed by atoms with van der Waals surface area (Å²) in [6.07, 6.45) is 7.83. The van der Waals surface area contributed by atoms with Crippen LogP contribution < -0.4 is 0 Å². The van der Waals surface area contributed by atoms with Gasteiger partial charge in [0.1, 0.15) is 17.2 Å². The first-order valence-electron chi connectivity index (χ1n) is 9.03. The zero-order chi connectivity index (χ0) is 19.6. The molecule has 3 heterocycles. The minimum Gasteiger partial charge on any atom is -0.361 e. The normalized spacial score (nSPS) is 12.5. The largest absolute Gasteiger partial charge is 0.361 e. The van der Waals surface area contributed by atoms with Gasteiger partial charge < -0.3 is 9.30 Å². The molecule has 8 heteroatoms. The van der Waals surface area contributed by atoms with Gasteiger partial charge in [0.05, 0.1) is 5.69 Å². The lowest BCUT2D eigenvalue weighted by atomic mass is 10.3. The van der Waals surface area contributed by atoms with Crippen molar-refractivity contribution >= 4 is 41.9 Å². The number of nitrogens with zero attached hydrogens (tertiary/aromatic N) is 5. The molecule has 0 fully saturated rings. The highest BCUT2D eigenvalue weighted by Crippen LogP contribution is 2.15. The lowest BCUT2D eigenvalue weighted by Crippen LogP contribution is -2.22. The van der Waals surface area contributed by atoms with Crippen LogP contribution in [0.15, 0.2) is 23.1 Å². The Morgan fingerprint density at radius 3 is 2.63 bits per heavy atom. The number of halogens is 1. The van der Waals surface area contributed by atoms with Gasteiger partial charge in [0.2, 0.25) is 5.78 Å². The molecular weight excluding hydrogens is 422 g/mol. The van der Waals surface area contributed by atoms with Crippen LogP contribution >= 0.6 is 15.9 Å². The number of fused-ring (bicyclic) bond motifs is 1. The van der Waals surface area contributed by atoms with Crippen molar-refractivity contribution in [1.82, 2.24) is 23.9 Å². The van der Waals surface area contributed by atoms with E-state index in [1.165, 1.54) is 0 Å². The number of aryl methyl sites for hydroxylation is 2. The number of rotatable bonds is 7. The van der Waals surface area contributed by atoms with Gasteiger partial charge in [-0.2, -0.15) is 0 Å². The first kappa shape index (κ1) is 20.0. The van der Waals surface area contributed by atoms with Gasteiger partial charge in [-0.25, -0.2) is 15.0 Å². The molecule has 0 aliphatic carbocycles. The molecule has 27 heavy (non-hydrogen) atoms. The summed E-state index contributed by atoms with van der Waals surface area (Å²) < 4.78 is 10.6. The third-order valence-electron chi connectivity index (χ3n) is 4.19. The van der Waals surface area contributed by atoms with Crippen LogP contribution in [-0.4, -0.2) is 38.6 Å². The number of imidazole rings is 2. The highest BCUT2D eigenvalue weighted by Gasteiger charge is 2.12. The van der Waals surface area contributed by atoms with Gasteiger partial charge >= 0.3 is 0 Å². The Morgan fingerprint density at radius 2 is 1.89 bits per heavy atom. The molecule has 0 amide bonds. The van der Waals surface area contributed by atoms with Crippen LogP contribution in [0.5, 0.6) is 0 Å². The molecule has 0 saturated heterocycles. The van der Waals surface area contributed by atoms with E-state index in [0.717, 1.165) is 40.2 Å². The zero-order valence-corrected chi connectivity index (χ0v) is 19.1. The number of aromatic nitrogens is 5. The molecule has 0 aliphatic heterocycles. The molecule has 0 N–H and O–H groups in total. The Labute approximate surface area is 169 Å². The van der Waals surface area contributed by atoms with E-state index in [-0.39, 0.29) is 0 Å². The van der Waals surface area contributed by atoms with Crippen LogP contribution in [0.25, 0.3) is 17.9 Å². The maximum Gasteiger partial charge on any atom is 0.234 e. The number of hydrogen-bond donors (Lipinski definition) is 0. The Balaban J connectivity index is 1.73. The highest BCUT2D eigenvalue weighted by atomic mass is 79.9. The lowest BCUT2D eigenvalue weighted by Gasteiger charge is -2.15. The van der Waals surface area contributed by atoms with Crippen molar-refractivity contribution in [3.05, 3.63) is 46.0 Å². The van der Waals surface area contributed by atoms with Gasteiger partial charge in [0.15, 0.2) is 0 Å². The SMILES string of the molecule is Cc1cc(C)n2cc(C=Cc3nc(Br)cn3COCC[Si](C)(C)C)nc2n1. The predicted molar refractivity (Wildman–Crippen MR) is 115 cm³/mol. The van der Waals surface area contributed by atoms with E-state index in [4.69, 9.17) is 4.74 Å². The smallest absolute Gasteiger partial charge is 0.234 e. The van der Waals surface area contributed by atoms with E-state index in [9.17, 15) is 0 Å². The molecule has 6 nitrogen and oxygen atoms in total. The van der Waals surface area contributed by atoms with E-state index in [1.807, 2.05) is 46.5 Å². The fraction of sp³-hybridized carbons (Fsp3) is 0.421. The first-order valence-corrected chi connectivity index (χ1v) is 13.5. The molecule has 0 bridgehead atoms. The molecule has 0 aromatic carbocycles. The van der Waals surface area contributed by atoms with E-state index in [0.29, 0.717) is 12.5 Å². The van der Waals surface area contributed by atoms with Gasteiger partial charge in [0, 0.05) is 38.5 Å². The Morgan fingerprint density at radius 1 is 1.11 bits per heavy atom. The van der Waals surface area contributed by atoms with Gasteiger partial charge in [-0.15, -0.1) is 0 Å². The second-order valence-electron chi connectivity index (χ2n) is 7.95. The number of hydrogen-bond acceptors (Lipinski definition) is 4. The molecule has 0 unspecified atom stereocenters. The van der Waals surface area contributed by atoms with Crippen LogP contribution in [0.3, 0.4) is 0 Å². The van der Waals surface area contributed by atoms with Crippen LogP contribution in [0.1, 0.15) is 22.9 Å². The average Bonchev–Trinajstić information content (AvgIpc) is 3.11. The third-order valence-corrected chi connectivity index (χ3v) is 6.27. The Hall–Kier alpha value is -1.77. The van der Waals surface area contributed by atoms with Crippen LogP contribution in [0.4, 0.5) is 0 Å². The Bertz CT molecular complexity index is 971. The lowest BCUT2D eigenvalue weighted by molar-refractivity contribution is 0.0867. The van der Waals surface area contributed by atoms with Crippen LogP contribution in [0.2, 0.25) is 25.7 Å². The average molecular weight is 448 g/mol. The quantitative estimate of drug-likeness (QED) is 0.385. The summed E-state index contributed by atoms with van der Waals surface area (Å²) in [4.78, 5) is 13.6. The van der Waals surface area contributed by atoms with Crippen molar-refractivity contribution in [3.63, 3.8) is 0 Å². The summed E-state index contributed by atoms with van der Waals surface area (Å²) >= 11 is 3.45. The fourth-order valence-electron chi connectivity index (χ4n) is 2.70. The van der Waals surface area contributed by atoms with Crippen molar-refractivity contribution in [3.8, 4) is 0 Å². The van der Waals surface area contributed by atoms with Crippen molar-refractivity contribution in [1.29, 1.82) is 0 Å². The van der Waals surface area contributed by atoms with Crippen LogP contribution in [0, 0.1) is 13.8 Å². The molecular formula is C19H26BrN5OSi. The van der Waals surface area contributed by atoms with Crippen molar-refractivity contribution in [2.75, 3.05) is 6.61 Å². The van der Waals surface area contributed by atoms with Crippen molar-refractivity contribution in [2.45, 2.75) is 46.3 Å². The minimum atomic E-state index is -1.08. The summed E-state index contributed by atoms with van der Waals surface area (Å²) in [5.41, 5.74) is 2.93. The highest BCUT2D eigenvalue weighted by molar-refractivity contribution is 9.10. The third kappa shape index (κ3) is 5.37. The number of ether oxygens (including phenoxy) is 1. The Kier molecular flexibility index (Phi) is 5.98. The van der Waals surface area contributed by atoms with Gasteiger partial charge in [-0.3, -0.25) is 4.40 Å². The molecule has 0 radical (unpaired) electrons. The van der Waals surface area contributed by atoms with E-state index < -0.39 is 8.07 Å². The molecule has 0 atom stereocenters. The summed E-state index contributed by atoms with van der Waals surface area (Å²) in [5, 5.41) is 0. The zero-order valence-electron chi connectivity index (χ0n) is 16.5. The second-order valence-corrected chi connectivity index (χ2v) is 14.4. The van der Waals surface area contributed by atoms with E-state index in [1.54, 1.807) is 0 Å². The molecule has 3 aromatic rings. The van der Waals surface area contributed by atoms with Crippen molar-refractivity contribution in [2.24, 2.45) is 0 Å².